The number of nitrogens with one attached hydrogen (secondary N) is 1. The lowest BCUT2D eigenvalue weighted by molar-refractivity contribution is 0.102. The van der Waals surface area contributed by atoms with Crippen molar-refractivity contribution in [3.05, 3.63) is 46.6 Å². The lowest BCUT2D eigenvalue weighted by Gasteiger charge is -2.20. The Hall–Kier alpha value is -2.14. The fraction of sp³-hybridized carbons (Fsp3) is 0.389. The van der Waals surface area contributed by atoms with E-state index < -0.39 is 0 Å². The summed E-state index contributed by atoms with van der Waals surface area (Å²) in [7, 11) is 0. The smallest absolute Gasteiger partial charge is 0.276 e. The van der Waals surface area contributed by atoms with E-state index in [-0.39, 0.29) is 5.91 Å². The predicted octanol–water partition coefficient (Wildman–Crippen LogP) is 4.07. The number of aromatic nitrogens is 2. The van der Waals surface area contributed by atoms with Gasteiger partial charge in [0.15, 0.2) is 11.5 Å². The predicted molar refractivity (Wildman–Crippen MR) is 96.9 cm³/mol. The van der Waals surface area contributed by atoms with Crippen LogP contribution in [0.1, 0.15) is 41.7 Å². The highest BCUT2D eigenvalue weighted by molar-refractivity contribution is 6.31. The van der Waals surface area contributed by atoms with Gasteiger partial charge in [0.05, 0.1) is 0 Å². The van der Waals surface area contributed by atoms with Crippen LogP contribution in [0, 0.1) is 6.92 Å². The lowest BCUT2D eigenvalue weighted by atomic mass is 10.2. The molecule has 1 aromatic carbocycles. The SMILES string of the molecule is Cc1ccc(NC(=O)c2ccc(N3CCCCCC3)nn2)cc1Cl. The molecule has 0 unspecified atom stereocenters. The third-order valence-electron chi connectivity index (χ3n) is 4.24. The van der Waals surface area contributed by atoms with E-state index in [2.05, 4.69) is 20.4 Å². The zero-order valence-electron chi connectivity index (χ0n) is 13.8. The van der Waals surface area contributed by atoms with Crippen molar-refractivity contribution in [2.24, 2.45) is 0 Å². The van der Waals surface area contributed by atoms with Gasteiger partial charge in [-0.25, -0.2) is 0 Å². The summed E-state index contributed by atoms with van der Waals surface area (Å²) in [6.07, 6.45) is 4.89. The molecule has 5 nitrogen and oxygen atoms in total. The van der Waals surface area contributed by atoms with Gasteiger partial charge in [-0.3, -0.25) is 4.79 Å². The second-order valence-corrected chi connectivity index (χ2v) is 6.50. The number of hydrogen-bond acceptors (Lipinski definition) is 4. The van der Waals surface area contributed by atoms with E-state index in [4.69, 9.17) is 11.6 Å². The topological polar surface area (TPSA) is 58.1 Å². The molecule has 3 rings (SSSR count). The number of carbonyl (C=O) groups excluding carboxylic acids is 1. The number of halogens is 1. The molecule has 0 aliphatic carbocycles. The van der Waals surface area contributed by atoms with Gasteiger partial charge in [-0.1, -0.05) is 30.5 Å². The summed E-state index contributed by atoms with van der Waals surface area (Å²) in [6, 6.07) is 9.01. The van der Waals surface area contributed by atoms with Crippen molar-refractivity contribution in [1.82, 2.24) is 10.2 Å². The Bertz CT molecular complexity index is 709. The number of amides is 1. The van der Waals surface area contributed by atoms with E-state index in [0.29, 0.717) is 16.4 Å². The van der Waals surface area contributed by atoms with E-state index in [1.807, 2.05) is 25.1 Å². The molecule has 0 spiro atoms. The van der Waals surface area contributed by atoms with Gasteiger partial charge < -0.3 is 10.2 Å². The third-order valence-corrected chi connectivity index (χ3v) is 4.65. The highest BCUT2D eigenvalue weighted by atomic mass is 35.5. The molecule has 6 heteroatoms. The highest BCUT2D eigenvalue weighted by Crippen LogP contribution is 2.21. The zero-order valence-corrected chi connectivity index (χ0v) is 14.5. The van der Waals surface area contributed by atoms with Crippen molar-refractivity contribution < 1.29 is 4.79 Å². The van der Waals surface area contributed by atoms with E-state index in [0.717, 1.165) is 24.5 Å². The molecule has 1 fully saturated rings. The molecular formula is C18H21ClN4O. The number of carbonyl (C=O) groups is 1. The van der Waals surface area contributed by atoms with Crippen LogP contribution in [-0.4, -0.2) is 29.2 Å². The van der Waals surface area contributed by atoms with Gasteiger partial charge >= 0.3 is 0 Å². The van der Waals surface area contributed by atoms with Crippen LogP contribution in [0.2, 0.25) is 5.02 Å². The fourth-order valence-corrected chi connectivity index (χ4v) is 2.96. The van der Waals surface area contributed by atoms with Crippen LogP contribution in [0.3, 0.4) is 0 Å². The van der Waals surface area contributed by atoms with Crippen LogP contribution >= 0.6 is 11.6 Å². The Morgan fingerprint density at radius 3 is 2.46 bits per heavy atom. The lowest BCUT2D eigenvalue weighted by Crippen LogP contribution is -2.25. The van der Waals surface area contributed by atoms with Gasteiger partial charge in [0, 0.05) is 23.8 Å². The van der Waals surface area contributed by atoms with Crippen LogP contribution in [0.15, 0.2) is 30.3 Å². The van der Waals surface area contributed by atoms with Gasteiger partial charge in [-0.05, 0) is 49.6 Å². The summed E-state index contributed by atoms with van der Waals surface area (Å²) in [5, 5.41) is 11.7. The summed E-state index contributed by atoms with van der Waals surface area (Å²) in [6.45, 7) is 3.92. The van der Waals surface area contributed by atoms with Gasteiger partial charge in [-0.15, -0.1) is 10.2 Å². The van der Waals surface area contributed by atoms with E-state index in [9.17, 15) is 4.79 Å². The Morgan fingerprint density at radius 1 is 1.08 bits per heavy atom. The molecule has 24 heavy (non-hydrogen) atoms. The maximum absolute atomic E-state index is 12.3. The largest absolute Gasteiger partial charge is 0.355 e. The standard InChI is InChI=1S/C18H21ClN4O/c1-13-6-7-14(12-15(13)19)20-18(24)16-8-9-17(22-21-16)23-10-4-2-3-5-11-23/h6-9,12H,2-5,10-11H2,1H3,(H,20,24). The number of anilines is 2. The summed E-state index contributed by atoms with van der Waals surface area (Å²) >= 11 is 6.08. The molecule has 2 heterocycles. The monoisotopic (exact) mass is 344 g/mol. The van der Waals surface area contributed by atoms with Crippen LogP contribution in [-0.2, 0) is 0 Å². The average Bonchev–Trinajstić information content (AvgIpc) is 2.88. The second kappa shape index (κ2) is 7.62. The van der Waals surface area contributed by atoms with E-state index in [1.54, 1.807) is 12.1 Å². The molecule has 2 aromatic rings. The molecule has 0 saturated carbocycles. The molecule has 1 saturated heterocycles. The average molecular weight is 345 g/mol. The first-order valence-corrected chi connectivity index (χ1v) is 8.67. The van der Waals surface area contributed by atoms with Crippen LogP contribution in [0.25, 0.3) is 0 Å². The molecule has 0 bridgehead atoms. The van der Waals surface area contributed by atoms with Gasteiger partial charge in [0.25, 0.3) is 5.91 Å². The van der Waals surface area contributed by atoms with Crippen molar-refractivity contribution in [1.29, 1.82) is 0 Å². The maximum Gasteiger partial charge on any atom is 0.276 e. The van der Waals surface area contributed by atoms with Crippen molar-refractivity contribution in [3.8, 4) is 0 Å². The van der Waals surface area contributed by atoms with Crippen molar-refractivity contribution in [2.75, 3.05) is 23.3 Å². The molecular weight excluding hydrogens is 324 g/mol. The molecule has 1 amide bonds. The number of aryl methyl sites for hydroxylation is 1. The number of hydrogen-bond donors (Lipinski definition) is 1. The van der Waals surface area contributed by atoms with Gasteiger partial charge in [0.1, 0.15) is 0 Å². The Morgan fingerprint density at radius 2 is 1.83 bits per heavy atom. The molecule has 1 aliphatic heterocycles. The quantitative estimate of drug-likeness (QED) is 0.911. The second-order valence-electron chi connectivity index (χ2n) is 6.10. The Kier molecular flexibility index (Phi) is 5.30. The number of rotatable bonds is 3. The minimum absolute atomic E-state index is 0.287. The summed E-state index contributed by atoms with van der Waals surface area (Å²) in [5.74, 6) is 0.552. The van der Waals surface area contributed by atoms with Crippen molar-refractivity contribution in [3.63, 3.8) is 0 Å². The molecule has 1 aliphatic rings. The van der Waals surface area contributed by atoms with Crippen molar-refractivity contribution in [2.45, 2.75) is 32.6 Å². The van der Waals surface area contributed by atoms with E-state index in [1.165, 1.54) is 25.7 Å². The highest BCUT2D eigenvalue weighted by Gasteiger charge is 2.14. The third kappa shape index (κ3) is 4.03. The fourth-order valence-electron chi connectivity index (χ4n) is 2.78. The van der Waals surface area contributed by atoms with Crippen LogP contribution in [0.5, 0.6) is 0 Å². The minimum atomic E-state index is -0.287. The molecule has 0 radical (unpaired) electrons. The van der Waals surface area contributed by atoms with Crippen LogP contribution < -0.4 is 10.2 Å². The molecule has 1 aromatic heterocycles. The van der Waals surface area contributed by atoms with Gasteiger partial charge in [0.2, 0.25) is 0 Å². The molecule has 0 atom stereocenters. The normalized spacial score (nSPS) is 15.0. The van der Waals surface area contributed by atoms with E-state index >= 15 is 0 Å². The number of benzene rings is 1. The first kappa shape index (κ1) is 16.7. The Labute approximate surface area is 147 Å². The summed E-state index contributed by atoms with van der Waals surface area (Å²) in [5.41, 5.74) is 1.91. The molecule has 1 N–H and O–H groups in total. The minimum Gasteiger partial charge on any atom is -0.355 e. The first-order valence-electron chi connectivity index (χ1n) is 8.30. The maximum atomic E-state index is 12.3. The molecule has 126 valence electrons. The van der Waals surface area contributed by atoms with Crippen LogP contribution in [0.4, 0.5) is 11.5 Å². The Balaban J connectivity index is 1.68. The number of nitrogens with zero attached hydrogens (tertiary/aromatic N) is 3. The summed E-state index contributed by atoms with van der Waals surface area (Å²) in [4.78, 5) is 14.5. The van der Waals surface area contributed by atoms with Crippen molar-refractivity contribution >= 4 is 29.0 Å². The summed E-state index contributed by atoms with van der Waals surface area (Å²) < 4.78 is 0. The first-order chi connectivity index (χ1) is 11.6. The zero-order chi connectivity index (χ0) is 16.9. The van der Waals surface area contributed by atoms with Gasteiger partial charge in [-0.2, -0.15) is 0 Å².